The number of benzene rings is 1. The zero-order chi connectivity index (χ0) is 18.0. The molecule has 1 aliphatic heterocycles. The second-order valence-electron chi connectivity index (χ2n) is 5.78. The Hall–Kier alpha value is -2.51. The maximum absolute atomic E-state index is 14.0. The third-order valence-electron chi connectivity index (χ3n) is 4.22. The van der Waals surface area contributed by atoms with Gasteiger partial charge in [0.25, 0.3) is 5.91 Å². The van der Waals surface area contributed by atoms with E-state index >= 15 is 0 Å². The third-order valence-corrected chi connectivity index (χ3v) is 4.22. The van der Waals surface area contributed by atoms with Crippen molar-refractivity contribution in [2.45, 2.75) is 25.8 Å². The summed E-state index contributed by atoms with van der Waals surface area (Å²) >= 11 is 0. The maximum Gasteiger partial charge on any atom is 0.326 e. The zero-order valence-corrected chi connectivity index (χ0v) is 13.3. The van der Waals surface area contributed by atoms with Gasteiger partial charge in [0.05, 0.1) is 11.5 Å². The Morgan fingerprint density at radius 2 is 1.88 bits per heavy atom. The van der Waals surface area contributed by atoms with Crippen LogP contribution in [-0.4, -0.2) is 47.4 Å². The number of nitrogens with zero attached hydrogens (tertiary/aromatic N) is 1. The van der Waals surface area contributed by atoms with Gasteiger partial charge in [0.1, 0.15) is 17.7 Å². The number of carboxylic acid groups (broad SMARTS) is 1. The Labute approximate surface area is 137 Å². The predicted octanol–water partition coefficient (Wildman–Crippen LogP) is 1.32. The van der Waals surface area contributed by atoms with Gasteiger partial charge in [-0.1, -0.05) is 0 Å². The first-order valence-electron chi connectivity index (χ1n) is 7.47. The molecule has 0 bridgehead atoms. The Bertz CT molecular complexity index is 693. The van der Waals surface area contributed by atoms with Gasteiger partial charge < -0.3 is 15.3 Å². The summed E-state index contributed by atoms with van der Waals surface area (Å²) in [6.45, 7) is 1.19. The molecule has 6 nitrogen and oxygen atoms in total. The Balaban J connectivity index is 2.37. The molecule has 2 N–H and O–H groups in total. The van der Waals surface area contributed by atoms with Gasteiger partial charge in [0, 0.05) is 13.6 Å². The first kappa shape index (κ1) is 17.8. The summed E-state index contributed by atoms with van der Waals surface area (Å²) in [5, 5.41) is 11.7. The average molecular weight is 340 g/mol. The normalized spacial score (nSPS) is 20.6. The summed E-state index contributed by atoms with van der Waals surface area (Å²) in [7, 11) is 1.44. The molecule has 2 atom stereocenters. The van der Waals surface area contributed by atoms with E-state index in [4.69, 9.17) is 0 Å². The minimum Gasteiger partial charge on any atom is -0.480 e. The first-order valence-corrected chi connectivity index (χ1v) is 7.47. The van der Waals surface area contributed by atoms with Crippen LogP contribution in [0.4, 0.5) is 8.78 Å². The molecular formula is C16H18F2N2O4. The average Bonchev–Trinajstić information content (AvgIpc) is 2.56. The van der Waals surface area contributed by atoms with Gasteiger partial charge in [-0.25, -0.2) is 13.6 Å². The number of hydrogen-bond donors (Lipinski definition) is 2. The van der Waals surface area contributed by atoms with Crippen molar-refractivity contribution in [3.63, 3.8) is 0 Å². The molecular weight excluding hydrogens is 322 g/mol. The van der Waals surface area contributed by atoms with E-state index < -0.39 is 41.0 Å². The molecule has 130 valence electrons. The summed E-state index contributed by atoms with van der Waals surface area (Å²) in [6, 6.07) is 0.468. The lowest BCUT2D eigenvalue weighted by molar-refractivity contribution is -0.145. The smallest absolute Gasteiger partial charge is 0.326 e. The van der Waals surface area contributed by atoms with Gasteiger partial charge >= 0.3 is 5.97 Å². The van der Waals surface area contributed by atoms with E-state index in [0.29, 0.717) is 6.42 Å². The Kier molecular flexibility index (Phi) is 5.16. The highest BCUT2D eigenvalue weighted by atomic mass is 19.1. The van der Waals surface area contributed by atoms with Gasteiger partial charge in [0.2, 0.25) is 5.91 Å². The molecule has 1 aliphatic rings. The maximum atomic E-state index is 14.0. The minimum atomic E-state index is -1.24. The van der Waals surface area contributed by atoms with Crippen molar-refractivity contribution in [1.82, 2.24) is 10.2 Å². The molecule has 0 unspecified atom stereocenters. The summed E-state index contributed by atoms with van der Waals surface area (Å²) < 4.78 is 27.7. The fourth-order valence-electron chi connectivity index (χ4n) is 2.84. The molecule has 1 heterocycles. The van der Waals surface area contributed by atoms with Crippen LogP contribution < -0.4 is 5.32 Å². The fourth-order valence-corrected chi connectivity index (χ4v) is 2.84. The van der Waals surface area contributed by atoms with Gasteiger partial charge in [-0.15, -0.1) is 0 Å². The topological polar surface area (TPSA) is 86.7 Å². The van der Waals surface area contributed by atoms with Gasteiger partial charge in [0.15, 0.2) is 0 Å². The van der Waals surface area contributed by atoms with Crippen molar-refractivity contribution in [3.8, 4) is 0 Å². The number of aryl methyl sites for hydroxylation is 1. The van der Waals surface area contributed by atoms with E-state index in [1.54, 1.807) is 0 Å². The van der Waals surface area contributed by atoms with Crippen molar-refractivity contribution in [3.05, 3.63) is 34.9 Å². The van der Waals surface area contributed by atoms with Crippen LogP contribution in [0.3, 0.4) is 0 Å². The van der Waals surface area contributed by atoms with E-state index in [1.165, 1.54) is 14.0 Å². The van der Waals surface area contributed by atoms with Crippen molar-refractivity contribution >= 4 is 17.8 Å². The van der Waals surface area contributed by atoms with Crippen LogP contribution in [0.1, 0.15) is 28.8 Å². The predicted molar refractivity (Wildman–Crippen MR) is 80.3 cm³/mol. The van der Waals surface area contributed by atoms with Crippen molar-refractivity contribution in [2.24, 2.45) is 5.92 Å². The van der Waals surface area contributed by atoms with E-state index in [-0.39, 0.29) is 24.4 Å². The zero-order valence-electron chi connectivity index (χ0n) is 13.3. The molecule has 0 saturated carbocycles. The first-order chi connectivity index (χ1) is 11.3. The second-order valence-corrected chi connectivity index (χ2v) is 5.78. The third kappa shape index (κ3) is 3.37. The Morgan fingerprint density at radius 1 is 1.21 bits per heavy atom. The van der Waals surface area contributed by atoms with Crippen molar-refractivity contribution < 1.29 is 28.3 Å². The molecule has 2 rings (SSSR count). The van der Waals surface area contributed by atoms with Crippen LogP contribution in [0.25, 0.3) is 0 Å². The lowest BCUT2D eigenvalue weighted by Crippen LogP contribution is -2.53. The second kappa shape index (κ2) is 6.94. The molecule has 0 radical (unpaired) electrons. The van der Waals surface area contributed by atoms with Crippen LogP contribution in [0, 0.1) is 24.5 Å². The quantitative estimate of drug-likeness (QED) is 0.869. The van der Waals surface area contributed by atoms with Crippen LogP contribution in [-0.2, 0) is 9.59 Å². The lowest BCUT2D eigenvalue weighted by atomic mass is 9.91. The van der Waals surface area contributed by atoms with Gasteiger partial charge in [-0.2, -0.15) is 0 Å². The highest BCUT2D eigenvalue weighted by Gasteiger charge is 2.39. The van der Waals surface area contributed by atoms with Crippen LogP contribution >= 0.6 is 0 Å². The number of amides is 2. The number of halogens is 2. The van der Waals surface area contributed by atoms with Crippen LogP contribution in [0.5, 0.6) is 0 Å². The number of rotatable bonds is 3. The van der Waals surface area contributed by atoms with Crippen molar-refractivity contribution in [1.29, 1.82) is 0 Å². The van der Waals surface area contributed by atoms with Crippen molar-refractivity contribution in [2.75, 3.05) is 13.6 Å². The molecule has 1 saturated heterocycles. The van der Waals surface area contributed by atoms with Crippen LogP contribution in [0.15, 0.2) is 12.1 Å². The Morgan fingerprint density at radius 3 is 2.46 bits per heavy atom. The summed E-state index contributed by atoms with van der Waals surface area (Å²) in [5.41, 5.74) is -0.498. The van der Waals surface area contributed by atoms with Gasteiger partial charge in [-0.3, -0.25) is 9.59 Å². The molecule has 8 heteroatoms. The largest absolute Gasteiger partial charge is 0.480 e. The highest BCUT2D eigenvalue weighted by Crippen LogP contribution is 2.26. The molecule has 0 aliphatic carbocycles. The monoisotopic (exact) mass is 340 g/mol. The number of carbonyl (C=O) groups excluding carboxylic acids is 2. The van der Waals surface area contributed by atoms with Gasteiger partial charge in [-0.05, 0) is 37.5 Å². The molecule has 2 amide bonds. The summed E-state index contributed by atoms with van der Waals surface area (Å²) in [6.07, 6.45) is 0.361. The molecule has 24 heavy (non-hydrogen) atoms. The number of likely N-dealkylation sites (tertiary alicyclic amines) is 1. The number of aliphatic carboxylic acids is 1. The molecule has 1 aromatic rings. The van der Waals surface area contributed by atoms with E-state index in [1.807, 2.05) is 0 Å². The fraction of sp³-hybridized carbons (Fsp3) is 0.438. The van der Waals surface area contributed by atoms with Crippen LogP contribution in [0.2, 0.25) is 0 Å². The number of hydrogen-bond acceptors (Lipinski definition) is 3. The molecule has 1 fully saturated rings. The number of carbonyl (C=O) groups is 3. The van der Waals surface area contributed by atoms with E-state index in [2.05, 4.69) is 5.32 Å². The number of carboxylic acids is 1. The highest BCUT2D eigenvalue weighted by molar-refractivity contribution is 5.97. The number of nitrogens with one attached hydrogen (secondary N) is 1. The molecule has 0 aromatic heterocycles. The van der Waals surface area contributed by atoms with E-state index in [9.17, 15) is 28.3 Å². The lowest BCUT2D eigenvalue weighted by Gasteiger charge is -2.36. The summed E-state index contributed by atoms with van der Waals surface area (Å²) in [5.74, 6) is -4.78. The molecule has 0 spiro atoms. The minimum absolute atomic E-state index is 0.0423. The SMILES string of the molecule is CNC(=O)[C@H]1CC[C@@H](C(=O)O)N(C(=O)c2cc(F)c(C)cc2F)C1. The standard InChI is InChI=1S/C16H18F2N2O4/c1-8-5-12(18)10(6-11(8)17)15(22)20-7-9(14(21)19-2)3-4-13(20)16(23)24/h5-6,9,13H,3-4,7H2,1-2H3,(H,19,21)(H,23,24)/t9-,13-/m0/s1. The van der Waals surface area contributed by atoms with E-state index in [0.717, 1.165) is 17.0 Å². The number of piperidine rings is 1. The summed E-state index contributed by atoms with van der Waals surface area (Å²) in [4.78, 5) is 36.7. The molecule has 1 aromatic carbocycles.